The fraction of sp³-hybridized carbons (Fsp3) is 0.143. The average molecular weight is 273 g/mol. The number of carbonyl (C=O) groups is 1. The third-order valence-electron chi connectivity index (χ3n) is 2.77. The number of aromatic nitrogens is 1. The number of benzene rings is 1. The van der Waals surface area contributed by atoms with Gasteiger partial charge in [0.15, 0.2) is 0 Å². The molecular formula is C14H15N3O3. The summed E-state index contributed by atoms with van der Waals surface area (Å²) >= 11 is 0. The van der Waals surface area contributed by atoms with Crippen molar-refractivity contribution < 1.29 is 9.90 Å². The van der Waals surface area contributed by atoms with Crippen LogP contribution in [0, 0.1) is 0 Å². The number of nitrogens with one attached hydrogen (secondary N) is 2. The Labute approximate surface area is 115 Å². The Morgan fingerprint density at radius 1 is 1.30 bits per heavy atom. The lowest BCUT2D eigenvalue weighted by atomic mass is 10.2. The lowest BCUT2D eigenvalue weighted by Gasteiger charge is -2.14. The van der Waals surface area contributed by atoms with Gasteiger partial charge < -0.3 is 20.3 Å². The van der Waals surface area contributed by atoms with E-state index in [4.69, 9.17) is 0 Å². The van der Waals surface area contributed by atoms with Crippen LogP contribution >= 0.6 is 0 Å². The maximum atomic E-state index is 12.0. The molecule has 3 N–H and O–H groups in total. The molecular weight excluding hydrogens is 258 g/mol. The first kappa shape index (κ1) is 13.7. The Morgan fingerprint density at radius 2 is 2.05 bits per heavy atom. The van der Waals surface area contributed by atoms with E-state index in [1.165, 1.54) is 6.20 Å². The first-order chi connectivity index (χ1) is 9.47. The lowest BCUT2D eigenvalue weighted by Crippen LogP contribution is -2.15. The summed E-state index contributed by atoms with van der Waals surface area (Å²) in [7, 11) is 3.80. The second kappa shape index (κ2) is 5.48. The predicted molar refractivity (Wildman–Crippen MR) is 77.4 cm³/mol. The summed E-state index contributed by atoms with van der Waals surface area (Å²) in [6, 6.07) is 8.24. The molecule has 6 nitrogen and oxygen atoms in total. The molecule has 0 unspecified atom stereocenters. The van der Waals surface area contributed by atoms with E-state index in [1.807, 2.05) is 31.1 Å². The number of aromatic amines is 1. The van der Waals surface area contributed by atoms with Gasteiger partial charge in [0, 0.05) is 37.7 Å². The van der Waals surface area contributed by atoms with Crippen LogP contribution in [-0.2, 0) is 0 Å². The van der Waals surface area contributed by atoms with Gasteiger partial charge in [-0.25, -0.2) is 0 Å². The van der Waals surface area contributed by atoms with Gasteiger partial charge in [-0.15, -0.1) is 0 Å². The molecule has 1 aromatic carbocycles. The van der Waals surface area contributed by atoms with E-state index in [-0.39, 0.29) is 11.3 Å². The van der Waals surface area contributed by atoms with Gasteiger partial charge >= 0.3 is 0 Å². The van der Waals surface area contributed by atoms with Crippen molar-refractivity contribution in [2.45, 2.75) is 0 Å². The molecule has 0 atom stereocenters. The number of rotatable bonds is 3. The van der Waals surface area contributed by atoms with E-state index < -0.39 is 11.5 Å². The molecule has 0 saturated heterocycles. The fourth-order valence-electron chi connectivity index (χ4n) is 1.70. The Hall–Kier alpha value is -2.76. The lowest BCUT2D eigenvalue weighted by molar-refractivity contribution is 0.102. The van der Waals surface area contributed by atoms with Gasteiger partial charge in [-0.2, -0.15) is 0 Å². The van der Waals surface area contributed by atoms with Crippen LogP contribution in [0.4, 0.5) is 11.4 Å². The molecule has 0 aliphatic heterocycles. The van der Waals surface area contributed by atoms with Gasteiger partial charge in [0.05, 0.1) is 5.56 Å². The summed E-state index contributed by atoms with van der Waals surface area (Å²) in [4.78, 5) is 27.3. The molecule has 1 aromatic heterocycles. The minimum absolute atomic E-state index is 0.0138. The zero-order chi connectivity index (χ0) is 14.7. The zero-order valence-corrected chi connectivity index (χ0v) is 11.2. The van der Waals surface area contributed by atoms with Crippen LogP contribution in [0.15, 0.2) is 41.3 Å². The normalized spacial score (nSPS) is 10.1. The third kappa shape index (κ3) is 2.97. The maximum Gasteiger partial charge on any atom is 0.260 e. The fourth-order valence-corrected chi connectivity index (χ4v) is 1.70. The summed E-state index contributed by atoms with van der Waals surface area (Å²) in [5.41, 5.74) is 1.09. The zero-order valence-electron chi connectivity index (χ0n) is 11.2. The van der Waals surface area contributed by atoms with Crippen molar-refractivity contribution in [3.8, 4) is 5.75 Å². The summed E-state index contributed by atoms with van der Waals surface area (Å²) in [6.07, 6.45) is 1.18. The van der Waals surface area contributed by atoms with E-state index in [9.17, 15) is 14.7 Å². The maximum absolute atomic E-state index is 12.0. The molecule has 2 aromatic rings. The van der Waals surface area contributed by atoms with Gasteiger partial charge in [0.25, 0.3) is 11.5 Å². The number of hydrogen-bond donors (Lipinski definition) is 3. The van der Waals surface area contributed by atoms with Gasteiger partial charge in [0.1, 0.15) is 5.75 Å². The SMILES string of the molecule is CN(C)c1cccc(NC(=O)c2c[nH]c(=O)cc2O)c1. The van der Waals surface area contributed by atoms with E-state index >= 15 is 0 Å². The summed E-state index contributed by atoms with van der Waals surface area (Å²) < 4.78 is 0. The van der Waals surface area contributed by atoms with E-state index in [2.05, 4.69) is 10.3 Å². The molecule has 0 radical (unpaired) electrons. The second-order valence-electron chi connectivity index (χ2n) is 4.50. The number of hydrogen-bond acceptors (Lipinski definition) is 4. The molecule has 6 heteroatoms. The number of aromatic hydroxyl groups is 1. The van der Waals surface area contributed by atoms with Crippen molar-refractivity contribution in [2.24, 2.45) is 0 Å². The molecule has 0 aliphatic rings. The number of anilines is 2. The number of nitrogens with zero attached hydrogens (tertiary/aromatic N) is 1. The molecule has 104 valence electrons. The number of pyridine rings is 1. The van der Waals surface area contributed by atoms with Crippen molar-refractivity contribution in [3.63, 3.8) is 0 Å². The smallest absolute Gasteiger partial charge is 0.260 e. The minimum Gasteiger partial charge on any atom is -0.507 e. The number of carbonyl (C=O) groups excluding carboxylic acids is 1. The summed E-state index contributed by atoms with van der Waals surface area (Å²) in [6.45, 7) is 0. The molecule has 20 heavy (non-hydrogen) atoms. The molecule has 2 rings (SSSR count). The van der Waals surface area contributed by atoms with Crippen LogP contribution in [0.2, 0.25) is 0 Å². The van der Waals surface area contributed by atoms with Crippen LogP contribution in [0.25, 0.3) is 0 Å². The second-order valence-corrected chi connectivity index (χ2v) is 4.50. The topological polar surface area (TPSA) is 85.4 Å². The first-order valence-corrected chi connectivity index (χ1v) is 5.98. The highest BCUT2D eigenvalue weighted by atomic mass is 16.3. The van der Waals surface area contributed by atoms with Gasteiger partial charge in [-0.3, -0.25) is 9.59 Å². The molecule has 1 amide bonds. The Morgan fingerprint density at radius 3 is 2.70 bits per heavy atom. The summed E-state index contributed by atoms with van der Waals surface area (Å²) in [5.74, 6) is -0.843. The minimum atomic E-state index is -0.491. The number of amides is 1. The Kier molecular flexibility index (Phi) is 3.74. The average Bonchev–Trinajstić information content (AvgIpc) is 2.38. The van der Waals surface area contributed by atoms with E-state index in [0.29, 0.717) is 5.69 Å². The van der Waals surface area contributed by atoms with Crippen molar-refractivity contribution in [1.82, 2.24) is 4.98 Å². The first-order valence-electron chi connectivity index (χ1n) is 5.98. The Bertz CT molecular complexity index is 692. The number of H-pyrrole nitrogens is 1. The van der Waals surface area contributed by atoms with Crippen LogP contribution < -0.4 is 15.8 Å². The van der Waals surface area contributed by atoms with Gasteiger partial charge in [-0.05, 0) is 18.2 Å². The Balaban J connectivity index is 2.23. The van der Waals surface area contributed by atoms with Crippen LogP contribution in [-0.4, -0.2) is 30.1 Å². The predicted octanol–water partition coefficient (Wildman–Crippen LogP) is 1.40. The summed E-state index contributed by atoms with van der Waals surface area (Å²) in [5, 5.41) is 12.3. The van der Waals surface area contributed by atoms with Crippen molar-refractivity contribution in [2.75, 3.05) is 24.3 Å². The highest BCUT2D eigenvalue weighted by Gasteiger charge is 2.12. The highest BCUT2D eigenvalue weighted by molar-refractivity contribution is 6.06. The van der Waals surface area contributed by atoms with Crippen LogP contribution in [0.5, 0.6) is 5.75 Å². The monoisotopic (exact) mass is 273 g/mol. The largest absolute Gasteiger partial charge is 0.507 e. The molecule has 1 heterocycles. The molecule has 0 saturated carbocycles. The van der Waals surface area contributed by atoms with Crippen LogP contribution in [0.1, 0.15) is 10.4 Å². The quantitative estimate of drug-likeness (QED) is 0.789. The van der Waals surface area contributed by atoms with Gasteiger partial charge in [-0.1, -0.05) is 6.07 Å². The third-order valence-corrected chi connectivity index (χ3v) is 2.77. The van der Waals surface area contributed by atoms with Crippen molar-refractivity contribution in [1.29, 1.82) is 0 Å². The van der Waals surface area contributed by atoms with Crippen LogP contribution in [0.3, 0.4) is 0 Å². The van der Waals surface area contributed by atoms with Gasteiger partial charge in [0.2, 0.25) is 0 Å². The van der Waals surface area contributed by atoms with E-state index in [1.54, 1.807) is 12.1 Å². The van der Waals surface area contributed by atoms with E-state index in [0.717, 1.165) is 11.8 Å². The molecule has 0 fully saturated rings. The standard InChI is InChI=1S/C14H15N3O3/c1-17(2)10-5-3-4-9(6-10)16-14(20)11-8-15-13(19)7-12(11)18/h3-8H,1-2H3,(H,16,20)(H2,15,18,19). The molecule has 0 aliphatic carbocycles. The highest BCUT2D eigenvalue weighted by Crippen LogP contribution is 2.19. The van der Waals surface area contributed by atoms with Crippen molar-refractivity contribution in [3.05, 3.63) is 52.4 Å². The molecule has 0 spiro atoms. The van der Waals surface area contributed by atoms with Crippen molar-refractivity contribution >= 4 is 17.3 Å². The molecule has 0 bridgehead atoms.